The van der Waals surface area contributed by atoms with Gasteiger partial charge >= 0.3 is 0 Å². The van der Waals surface area contributed by atoms with Crippen LogP contribution in [0.15, 0.2) is 18.2 Å². The molecule has 0 saturated carbocycles. The van der Waals surface area contributed by atoms with Crippen LogP contribution in [0.4, 0.5) is 0 Å². The zero-order valence-corrected chi connectivity index (χ0v) is 12.0. The van der Waals surface area contributed by atoms with Gasteiger partial charge in [-0.1, -0.05) is 6.07 Å². The van der Waals surface area contributed by atoms with Crippen LogP contribution in [-0.4, -0.2) is 44.4 Å². The molecular weight excluding hydrogens is 242 g/mol. The molecule has 4 nitrogen and oxygen atoms in total. The van der Waals surface area contributed by atoms with Crippen LogP contribution in [0.5, 0.6) is 11.5 Å². The molecule has 2 rings (SSSR count). The van der Waals surface area contributed by atoms with Gasteiger partial charge in [0.2, 0.25) is 0 Å². The molecule has 1 aliphatic rings. The van der Waals surface area contributed by atoms with Gasteiger partial charge in [0.25, 0.3) is 0 Å². The van der Waals surface area contributed by atoms with Crippen molar-refractivity contribution in [2.24, 2.45) is 0 Å². The van der Waals surface area contributed by atoms with E-state index in [1.54, 1.807) is 14.2 Å². The quantitative estimate of drug-likeness (QED) is 0.907. The molecule has 1 atom stereocenters. The molecule has 1 saturated heterocycles. The van der Waals surface area contributed by atoms with Crippen LogP contribution in [0.3, 0.4) is 0 Å². The molecule has 19 heavy (non-hydrogen) atoms. The molecule has 1 fully saturated rings. The van der Waals surface area contributed by atoms with Crippen LogP contribution in [0.1, 0.15) is 24.8 Å². The van der Waals surface area contributed by atoms with E-state index >= 15 is 0 Å². The van der Waals surface area contributed by atoms with Crippen molar-refractivity contribution in [1.82, 2.24) is 4.90 Å². The first kappa shape index (κ1) is 14.2. The van der Waals surface area contributed by atoms with Crippen molar-refractivity contribution < 1.29 is 14.6 Å². The van der Waals surface area contributed by atoms with Gasteiger partial charge in [-0.3, -0.25) is 0 Å². The summed E-state index contributed by atoms with van der Waals surface area (Å²) in [6, 6.07) is 5.64. The van der Waals surface area contributed by atoms with Gasteiger partial charge in [-0.25, -0.2) is 0 Å². The standard InChI is InChI=1S/C15H23NO3/c1-16-10-5-8-15(17,9-11-16)14-12(18-2)6-4-7-13(14)19-3/h4,6-7,17H,5,8-11H2,1-3H3. The van der Waals surface area contributed by atoms with Crippen LogP contribution < -0.4 is 9.47 Å². The Balaban J connectivity index is 2.43. The largest absolute Gasteiger partial charge is 0.496 e. The number of methoxy groups -OCH3 is 2. The molecule has 0 spiro atoms. The van der Waals surface area contributed by atoms with Gasteiger partial charge in [0, 0.05) is 6.54 Å². The monoisotopic (exact) mass is 265 g/mol. The maximum absolute atomic E-state index is 11.1. The average molecular weight is 265 g/mol. The third kappa shape index (κ3) is 2.85. The van der Waals surface area contributed by atoms with E-state index in [9.17, 15) is 5.11 Å². The Morgan fingerprint density at radius 3 is 2.32 bits per heavy atom. The van der Waals surface area contributed by atoms with E-state index in [2.05, 4.69) is 11.9 Å². The Morgan fingerprint density at radius 1 is 1.11 bits per heavy atom. The second-order valence-corrected chi connectivity index (χ2v) is 5.23. The van der Waals surface area contributed by atoms with E-state index in [0.717, 1.165) is 31.5 Å². The third-order valence-electron chi connectivity index (χ3n) is 3.93. The fourth-order valence-corrected chi connectivity index (χ4v) is 2.81. The van der Waals surface area contributed by atoms with Gasteiger partial charge in [-0.2, -0.15) is 0 Å². The Kier molecular flexibility index (Phi) is 4.32. The fourth-order valence-electron chi connectivity index (χ4n) is 2.81. The van der Waals surface area contributed by atoms with E-state index in [0.29, 0.717) is 17.9 Å². The Labute approximate surface area is 114 Å². The first-order valence-corrected chi connectivity index (χ1v) is 6.73. The van der Waals surface area contributed by atoms with Crippen molar-refractivity contribution in [3.63, 3.8) is 0 Å². The summed E-state index contributed by atoms with van der Waals surface area (Å²) in [5, 5.41) is 11.1. The van der Waals surface area contributed by atoms with E-state index in [1.807, 2.05) is 18.2 Å². The van der Waals surface area contributed by atoms with Gasteiger partial charge < -0.3 is 19.5 Å². The molecule has 106 valence electrons. The zero-order chi connectivity index (χ0) is 13.9. The fraction of sp³-hybridized carbons (Fsp3) is 0.600. The lowest BCUT2D eigenvalue weighted by molar-refractivity contribution is 0.0173. The lowest BCUT2D eigenvalue weighted by Crippen LogP contribution is -2.28. The summed E-state index contributed by atoms with van der Waals surface area (Å²) in [7, 11) is 5.35. The number of nitrogens with zero attached hydrogens (tertiary/aromatic N) is 1. The molecule has 1 aromatic rings. The summed E-state index contributed by atoms with van der Waals surface area (Å²) in [6.45, 7) is 1.89. The second-order valence-electron chi connectivity index (χ2n) is 5.23. The van der Waals surface area contributed by atoms with Crippen LogP contribution in [0, 0.1) is 0 Å². The van der Waals surface area contributed by atoms with E-state index in [-0.39, 0.29) is 0 Å². The Morgan fingerprint density at radius 2 is 1.74 bits per heavy atom. The molecule has 1 aliphatic heterocycles. The number of hydrogen-bond acceptors (Lipinski definition) is 4. The van der Waals surface area contributed by atoms with Gasteiger partial charge in [0.1, 0.15) is 11.5 Å². The maximum Gasteiger partial charge on any atom is 0.128 e. The Bertz CT molecular complexity index is 413. The summed E-state index contributed by atoms with van der Waals surface area (Å²) in [4.78, 5) is 2.25. The molecular formula is C15H23NO3. The number of hydrogen-bond donors (Lipinski definition) is 1. The minimum atomic E-state index is -0.872. The molecule has 0 aliphatic carbocycles. The minimum Gasteiger partial charge on any atom is -0.496 e. The van der Waals surface area contributed by atoms with Gasteiger partial charge in [0.05, 0.1) is 25.4 Å². The molecule has 0 amide bonds. The lowest BCUT2D eigenvalue weighted by atomic mass is 9.85. The molecule has 1 N–H and O–H groups in total. The smallest absolute Gasteiger partial charge is 0.128 e. The highest BCUT2D eigenvalue weighted by molar-refractivity contribution is 5.48. The van der Waals surface area contributed by atoms with Crippen molar-refractivity contribution in [2.75, 3.05) is 34.4 Å². The average Bonchev–Trinajstić information content (AvgIpc) is 2.60. The van der Waals surface area contributed by atoms with Gasteiger partial charge in [-0.15, -0.1) is 0 Å². The predicted molar refractivity (Wildman–Crippen MR) is 74.8 cm³/mol. The van der Waals surface area contributed by atoms with Gasteiger partial charge in [0.15, 0.2) is 0 Å². The second kappa shape index (κ2) is 5.80. The molecule has 0 aromatic heterocycles. The van der Waals surface area contributed by atoms with E-state index in [1.165, 1.54) is 0 Å². The first-order valence-electron chi connectivity index (χ1n) is 6.73. The summed E-state index contributed by atoms with van der Waals surface area (Å²) < 4.78 is 10.8. The number of likely N-dealkylation sites (tertiary alicyclic amines) is 1. The van der Waals surface area contributed by atoms with Crippen molar-refractivity contribution in [1.29, 1.82) is 0 Å². The number of benzene rings is 1. The molecule has 1 aromatic carbocycles. The first-order chi connectivity index (χ1) is 9.10. The van der Waals surface area contributed by atoms with E-state index in [4.69, 9.17) is 9.47 Å². The van der Waals surface area contributed by atoms with Gasteiger partial charge in [-0.05, 0) is 45.0 Å². The normalized spacial score (nSPS) is 24.8. The van der Waals surface area contributed by atoms with Crippen LogP contribution in [0.2, 0.25) is 0 Å². The highest BCUT2D eigenvalue weighted by Crippen LogP contribution is 2.43. The highest BCUT2D eigenvalue weighted by Gasteiger charge is 2.36. The number of ether oxygens (including phenoxy) is 2. The summed E-state index contributed by atoms with van der Waals surface area (Å²) in [5.74, 6) is 1.40. The molecule has 1 unspecified atom stereocenters. The number of aliphatic hydroxyl groups is 1. The summed E-state index contributed by atoms with van der Waals surface area (Å²) in [6.07, 6.45) is 2.39. The van der Waals surface area contributed by atoms with Crippen LogP contribution in [-0.2, 0) is 5.60 Å². The molecule has 4 heteroatoms. The predicted octanol–water partition coefficient (Wildman–Crippen LogP) is 2.01. The van der Waals surface area contributed by atoms with E-state index < -0.39 is 5.60 Å². The summed E-state index contributed by atoms with van der Waals surface area (Å²) in [5.41, 5.74) is -0.0850. The van der Waals surface area contributed by atoms with Crippen molar-refractivity contribution >= 4 is 0 Å². The number of rotatable bonds is 3. The van der Waals surface area contributed by atoms with Crippen molar-refractivity contribution in [3.8, 4) is 11.5 Å². The zero-order valence-electron chi connectivity index (χ0n) is 12.0. The molecule has 0 bridgehead atoms. The van der Waals surface area contributed by atoms with Crippen molar-refractivity contribution in [2.45, 2.75) is 24.9 Å². The summed E-state index contributed by atoms with van der Waals surface area (Å²) >= 11 is 0. The SMILES string of the molecule is COc1cccc(OC)c1C1(O)CCCN(C)CC1. The third-order valence-corrected chi connectivity index (χ3v) is 3.93. The molecule has 0 radical (unpaired) electrons. The van der Waals surface area contributed by atoms with Crippen LogP contribution >= 0.6 is 0 Å². The Hall–Kier alpha value is -1.26. The minimum absolute atomic E-state index is 0.695. The maximum atomic E-state index is 11.1. The van der Waals surface area contributed by atoms with Crippen LogP contribution in [0.25, 0.3) is 0 Å². The topological polar surface area (TPSA) is 41.9 Å². The highest BCUT2D eigenvalue weighted by atomic mass is 16.5. The van der Waals surface area contributed by atoms with Crippen molar-refractivity contribution in [3.05, 3.63) is 23.8 Å². The lowest BCUT2D eigenvalue weighted by Gasteiger charge is -2.30. The molecule has 1 heterocycles.